The number of ether oxygens (including phenoxy) is 3. The number of hydrogen-bond acceptors (Lipinski definition) is 5. The highest BCUT2D eigenvalue weighted by Crippen LogP contribution is 2.37. The first-order valence-electron chi connectivity index (χ1n) is 17.6. The van der Waals surface area contributed by atoms with Crippen molar-refractivity contribution in [3.63, 3.8) is 0 Å². The minimum atomic E-state index is -0.250. The SMILES string of the molecule is CC(C)(C)c1ccc(OCC(=O)Nc2ccc(Oc3ccc(NC(=O)COc4ccc(C(C)(C)C)cc4C(C)(C)C)cc3)cc2)c(C(C)(C)C)c1. The first-order chi connectivity index (χ1) is 23.6. The first kappa shape index (κ1) is 39.0. The van der Waals surface area contributed by atoms with Gasteiger partial charge in [0.05, 0.1) is 0 Å². The van der Waals surface area contributed by atoms with Crippen LogP contribution in [0.2, 0.25) is 0 Å². The maximum atomic E-state index is 12.8. The maximum Gasteiger partial charge on any atom is 0.262 e. The summed E-state index contributed by atoms with van der Waals surface area (Å²) in [4.78, 5) is 25.5. The lowest BCUT2D eigenvalue weighted by Crippen LogP contribution is -2.22. The highest BCUT2D eigenvalue weighted by molar-refractivity contribution is 5.92. The fourth-order valence-corrected chi connectivity index (χ4v) is 5.45. The summed E-state index contributed by atoms with van der Waals surface area (Å²) in [6.07, 6.45) is 0. The monoisotopic (exact) mass is 692 g/mol. The summed E-state index contributed by atoms with van der Waals surface area (Å²) in [7, 11) is 0. The van der Waals surface area contributed by atoms with Gasteiger partial charge in [0.25, 0.3) is 11.8 Å². The number of anilines is 2. The van der Waals surface area contributed by atoms with Crippen molar-refractivity contribution in [1.82, 2.24) is 0 Å². The van der Waals surface area contributed by atoms with E-state index < -0.39 is 0 Å². The Morgan fingerprint density at radius 1 is 0.471 bits per heavy atom. The molecule has 272 valence electrons. The molecule has 4 rings (SSSR count). The molecule has 0 aliphatic carbocycles. The van der Waals surface area contributed by atoms with Crippen LogP contribution in [0.15, 0.2) is 84.9 Å². The van der Waals surface area contributed by atoms with Crippen molar-refractivity contribution in [2.75, 3.05) is 23.8 Å². The van der Waals surface area contributed by atoms with E-state index in [1.807, 2.05) is 12.1 Å². The number of nitrogens with one attached hydrogen (secondary N) is 2. The Bertz CT molecular complexity index is 1680. The second-order valence-corrected chi connectivity index (χ2v) is 17.2. The van der Waals surface area contributed by atoms with Crippen LogP contribution < -0.4 is 24.8 Å². The lowest BCUT2D eigenvalue weighted by Gasteiger charge is -2.27. The molecule has 0 heterocycles. The van der Waals surface area contributed by atoms with Gasteiger partial charge in [-0.3, -0.25) is 9.59 Å². The Kier molecular flexibility index (Phi) is 11.6. The largest absolute Gasteiger partial charge is 0.483 e. The number of amides is 2. The summed E-state index contributed by atoms with van der Waals surface area (Å²) in [5.74, 6) is 2.14. The van der Waals surface area contributed by atoms with Crippen molar-refractivity contribution >= 4 is 23.2 Å². The molecule has 4 aromatic carbocycles. The van der Waals surface area contributed by atoms with E-state index in [1.54, 1.807) is 48.5 Å². The quantitative estimate of drug-likeness (QED) is 0.173. The maximum absolute atomic E-state index is 12.8. The molecule has 7 nitrogen and oxygen atoms in total. The van der Waals surface area contributed by atoms with Gasteiger partial charge < -0.3 is 24.8 Å². The molecule has 0 fully saturated rings. The van der Waals surface area contributed by atoms with E-state index in [1.165, 1.54) is 11.1 Å². The zero-order valence-corrected chi connectivity index (χ0v) is 32.5. The molecule has 2 amide bonds. The van der Waals surface area contributed by atoms with Crippen LogP contribution in [0.4, 0.5) is 11.4 Å². The molecule has 0 atom stereocenters. The van der Waals surface area contributed by atoms with Crippen molar-refractivity contribution in [1.29, 1.82) is 0 Å². The Morgan fingerprint density at radius 2 is 0.804 bits per heavy atom. The van der Waals surface area contributed by atoms with Gasteiger partial charge in [0.2, 0.25) is 0 Å². The Morgan fingerprint density at radius 3 is 1.10 bits per heavy atom. The van der Waals surface area contributed by atoms with Gasteiger partial charge in [-0.05, 0) is 105 Å². The average Bonchev–Trinajstić information content (AvgIpc) is 3.02. The van der Waals surface area contributed by atoms with Gasteiger partial charge in [-0.15, -0.1) is 0 Å². The smallest absolute Gasteiger partial charge is 0.262 e. The molecule has 7 heteroatoms. The Hall–Kier alpha value is -4.78. The van der Waals surface area contributed by atoms with Gasteiger partial charge in [-0.2, -0.15) is 0 Å². The zero-order chi connectivity index (χ0) is 37.8. The van der Waals surface area contributed by atoms with E-state index in [9.17, 15) is 9.59 Å². The third-order valence-electron chi connectivity index (χ3n) is 8.54. The predicted molar refractivity (Wildman–Crippen MR) is 209 cm³/mol. The van der Waals surface area contributed by atoms with Crippen molar-refractivity contribution < 1.29 is 23.8 Å². The van der Waals surface area contributed by atoms with Crippen LogP contribution in [0.5, 0.6) is 23.0 Å². The summed E-state index contributed by atoms with van der Waals surface area (Å²) in [6, 6.07) is 26.7. The van der Waals surface area contributed by atoms with Crippen LogP contribution in [0.25, 0.3) is 0 Å². The van der Waals surface area contributed by atoms with Gasteiger partial charge in [0.1, 0.15) is 23.0 Å². The summed E-state index contributed by atoms with van der Waals surface area (Å²) < 4.78 is 18.0. The van der Waals surface area contributed by atoms with Crippen molar-refractivity contribution in [3.05, 3.63) is 107 Å². The molecule has 0 aliphatic rings. The fourth-order valence-electron chi connectivity index (χ4n) is 5.45. The van der Waals surface area contributed by atoms with Crippen LogP contribution >= 0.6 is 0 Å². The standard InChI is InChI=1S/C44H56N2O5/c1-41(2,3)29-13-23-37(35(25-29)43(7,8)9)49-27-39(47)45-31-15-19-33(20-16-31)51-34-21-17-32(18-22-34)46-40(48)28-50-38-24-14-30(42(4,5)6)26-36(38)44(10,11)12/h13-26H,27-28H2,1-12H3,(H,45,47)(H,46,48). The molecule has 0 saturated carbocycles. The zero-order valence-electron chi connectivity index (χ0n) is 32.5. The fraction of sp³-hybridized carbons (Fsp3) is 0.409. The van der Waals surface area contributed by atoms with Gasteiger partial charge in [-0.25, -0.2) is 0 Å². The molecule has 0 radical (unpaired) electrons. The Labute approximate surface area is 305 Å². The predicted octanol–water partition coefficient (Wildman–Crippen LogP) is 10.7. The van der Waals surface area contributed by atoms with Gasteiger partial charge in [0.15, 0.2) is 13.2 Å². The number of rotatable bonds is 10. The van der Waals surface area contributed by atoms with E-state index in [-0.39, 0.29) is 46.7 Å². The van der Waals surface area contributed by atoms with E-state index in [0.29, 0.717) is 34.4 Å². The van der Waals surface area contributed by atoms with Crippen LogP contribution in [-0.4, -0.2) is 25.0 Å². The van der Waals surface area contributed by atoms with Crippen LogP contribution in [0.3, 0.4) is 0 Å². The average molecular weight is 693 g/mol. The third-order valence-corrected chi connectivity index (χ3v) is 8.54. The molecule has 0 saturated heterocycles. The van der Waals surface area contributed by atoms with Crippen molar-refractivity contribution in [2.45, 2.75) is 105 Å². The molecule has 0 aromatic heterocycles. The number of hydrogen-bond donors (Lipinski definition) is 2. The molecule has 2 N–H and O–H groups in total. The topological polar surface area (TPSA) is 85.9 Å². The molecule has 0 unspecified atom stereocenters. The van der Waals surface area contributed by atoms with Gasteiger partial charge in [-0.1, -0.05) is 107 Å². The minimum Gasteiger partial charge on any atom is -0.483 e. The Balaban J connectivity index is 1.28. The summed E-state index contributed by atoms with van der Waals surface area (Å²) in [6.45, 7) is 25.8. The van der Waals surface area contributed by atoms with Gasteiger partial charge >= 0.3 is 0 Å². The lowest BCUT2D eigenvalue weighted by atomic mass is 9.80. The summed E-state index contributed by atoms with van der Waals surface area (Å²) >= 11 is 0. The van der Waals surface area contributed by atoms with Crippen molar-refractivity contribution in [2.24, 2.45) is 0 Å². The van der Waals surface area contributed by atoms with E-state index in [4.69, 9.17) is 14.2 Å². The molecular formula is C44H56N2O5. The molecule has 51 heavy (non-hydrogen) atoms. The van der Waals surface area contributed by atoms with Gasteiger partial charge in [0, 0.05) is 11.4 Å². The van der Waals surface area contributed by atoms with E-state index >= 15 is 0 Å². The summed E-state index contributed by atoms with van der Waals surface area (Å²) in [5.41, 5.74) is 5.62. The molecule has 0 spiro atoms. The molecular weight excluding hydrogens is 636 g/mol. The first-order valence-corrected chi connectivity index (χ1v) is 17.6. The highest BCUT2D eigenvalue weighted by Gasteiger charge is 2.25. The normalized spacial score (nSPS) is 12.2. The van der Waals surface area contributed by atoms with Crippen LogP contribution in [0, 0.1) is 0 Å². The lowest BCUT2D eigenvalue weighted by molar-refractivity contribution is -0.118. The highest BCUT2D eigenvalue weighted by atomic mass is 16.5. The third kappa shape index (κ3) is 11.1. The van der Waals surface area contributed by atoms with Crippen molar-refractivity contribution in [3.8, 4) is 23.0 Å². The summed E-state index contributed by atoms with van der Waals surface area (Å²) in [5, 5.41) is 5.78. The number of carbonyl (C=O) groups is 2. The number of carbonyl (C=O) groups excluding carboxylic acids is 2. The number of benzene rings is 4. The van der Waals surface area contributed by atoms with E-state index in [2.05, 4.69) is 118 Å². The second kappa shape index (κ2) is 15.2. The molecule has 0 bridgehead atoms. The molecule has 4 aromatic rings. The minimum absolute atomic E-state index is 0.0142. The van der Waals surface area contributed by atoms with Crippen LogP contribution in [0.1, 0.15) is 105 Å². The second-order valence-electron chi connectivity index (χ2n) is 17.2. The molecule has 0 aliphatic heterocycles. The van der Waals surface area contributed by atoms with Crippen LogP contribution in [-0.2, 0) is 31.2 Å². The van der Waals surface area contributed by atoms with E-state index in [0.717, 1.165) is 11.1 Å².